The predicted molar refractivity (Wildman–Crippen MR) is 67.7 cm³/mol. The summed E-state index contributed by atoms with van der Waals surface area (Å²) in [5.41, 5.74) is 1.45. The lowest BCUT2D eigenvalue weighted by Gasteiger charge is -2.07. The number of carbonyl (C=O) groups is 1. The number of rotatable bonds is 4. The van der Waals surface area contributed by atoms with Crippen molar-refractivity contribution in [3.63, 3.8) is 0 Å². The summed E-state index contributed by atoms with van der Waals surface area (Å²) in [4.78, 5) is 10.8. The molecule has 3 nitrogen and oxygen atoms in total. The van der Waals surface area contributed by atoms with E-state index < -0.39 is 0 Å². The Morgan fingerprint density at radius 3 is 2.50 bits per heavy atom. The fourth-order valence-electron chi connectivity index (χ4n) is 1.56. The first-order chi connectivity index (χ1) is 8.83. The van der Waals surface area contributed by atoms with Crippen LogP contribution in [-0.2, 0) is 6.42 Å². The second kappa shape index (κ2) is 5.65. The highest BCUT2D eigenvalue weighted by Crippen LogP contribution is 2.24. The molecule has 18 heavy (non-hydrogen) atoms. The summed E-state index contributed by atoms with van der Waals surface area (Å²) in [6, 6.07) is 16.4. The van der Waals surface area contributed by atoms with E-state index in [0.717, 1.165) is 11.8 Å². The molecule has 88 valence electrons. The maximum absolute atomic E-state index is 10.8. The molecule has 0 spiro atoms. The summed E-state index contributed by atoms with van der Waals surface area (Å²) in [6.07, 6.45) is 1.14. The smallest absolute Gasteiger partial charge is 0.153 e. The van der Waals surface area contributed by atoms with E-state index in [1.807, 2.05) is 18.2 Å². The Bertz CT molecular complexity index is 582. The van der Waals surface area contributed by atoms with Gasteiger partial charge in [-0.1, -0.05) is 24.3 Å². The zero-order valence-electron chi connectivity index (χ0n) is 9.67. The molecule has 0 saturated heterocycles. The van der Waals surface area contributed by atoms with E-state index in [1.54, 1.807) is 30.3 Å². The lowest BCUT2D eigenvalue weighted by atomic mass is 10.1. The largest absolute Gasteiger partial charge is 0.457 e. The van der Waals surface area contributed by atoms with Crippen LogP contribution in [0.25, 0.3) is 0 Å². The molecule has 0 amide bonds. The van der Waals surface area contributed by atoms with Gasteiger partial charge >= 0.3 is 0 Å². The maximum atomic E-state index is 10.8. The van der Waals surface area contributed by atoms with Gasteiger partial charge in [-0.25, -0.2) is 0 Å². The Labute approximate surface area is 105 Å². The molecule has 0 unspecified atom stereocenters. The van der Waals surface area contributed by atoms with Gasteiger partial charge in [-0.05, 0) is 29.8 Å². The van der Waals surface area contributed by atoms with Gasteiger partial charge in [-0.15, -0.1) is 0 Å². The van der Waals surface area contributed by atoms with Crippen molar-refractivity contribution < 1.29 is 9.53 Å². The highest BCUT2D eigenvalue weighted by Gasteiger charge is 2.03. The highest BCUT2D eigenvalue weighted by atomic mass is 16.5. The van der Waals surface area contributed by atoms with E-state index in [9.17, 15) is 4.79 Å². The summed E-state index contributed by atoms with van der Waals surface area (Å²) in [5, 5.41) is 8.57. The van der Waals surface area contributed by atoms with Gasteiger partial charge in [-0.2, -0.15) is 5.26 Å². The number of benzene rings is 2. The number of aldehydes is 1. The molecule has 0 heterocycles. The van der Waals surface area contributed by atoms with Gasteiger partial charge in [0.2, 0.25) is 0 Å². The lowest BCUT2D eigenvalue weighted by molar-refractivity contribution is 0.112. The first kappa shape index (κ1) is 11.9. The first-order valence-electron chi connectivity index (χ1n) is 5.51. The van der Waals surface area contributed by atoms with Crippen LogP contribution in [0.1, 0.15) is 15.9 Å². The third-order valence-corrected chi connectivity index (χ3v) is 2.48. The molecular formula is C15H11NO2. The minimum Gasteiger partial charge on any atom is -0.457 e. The molecular weight excluding hydrogens is 226 g/mol. The van der Waals surface area contributed by atoms with Crippen LogP contribution >= 0.6 is 0 Å². The number of hydrogen-bond acceptors (Lipinski definition) is 3. The van der Waals surface area contributed by atoms with Crippen LogP contribution in [0.15, 0.2) is 48.5 Å². The molecule has 0 radical (unpaired) electrons. The van der Waals surface area contributed by atoms with Crippen LogP contribution in [0, 0.1) is 11.3 Å². The van der Waals surface area contributed by atoms with Crippen molar-refractivity contribution in [1.29, 1.82) is 5.26 Å². The van der Waals surface area contributed by atoms with Crippen LogP contribution in [0.3, 0.4) is 0 Å². The first-order valence-corrected chi connectivity index (χ1v) is 5.51. The quantitative estimate of drug-likeness (QED) is 0.766. The molecule has 0 aliphatic heterocycles. The van der Waals surface area contributed by atoms with Crippen LogP contribution in [0.5, 0.6) is 11.5 Å². The van der Waals surface area contributed by atoms with E-state index in [-0.39, 0.29) is 0 Å². The molecule has 0 saturated carbocycles. The molecule has 2 aromatic carbocycles. The molecule has 3 heteroatoms. The summed E-state index contributed by atoms with van der Waals surface area (Å²) in [6.45, 7) is 0. The molecule has 2 aromatic rings. The number of nitrogens with zero attached hydrogens (tertiary/aromatic N) is 1. The number of para-hydroxylation sites is 1. The van der Waals surface area contributed by atoms with E-state index in [1.165, 1.54) is 0 Å². The molecule has 0 N–H and O–H groups in total. The number of hydrogen-bond donors (Lipinski definition) is 0. The molecule has 0 aromatic heterocycles. The van der Waals surface area contributed by atoms with Gasteiger partial charge in [0.05, 0.1) is 18.1 Å². The van der Waals surface area contributed by atoms with Crippen molar-refractivity contribution in [2.45, 2.75) is 6.42 Å². The van der Waals surface area contributed by atoms with Crippen molar-refractivity contribution in [3.05, 3.63) is 59.7 Å². The van der Waals surface area contributed by atoms with E-state index in [0.29, 0.717) is 23.5 Å². The van der Waals surface area contributed by atoms with Crippen molar-refractivity contribution in [2.24, 2.45) is 0 Å². The van der Waals surface area contributed by atoms with Crippen LogP contribution in [0.2, 0.25) is 0 Å². The molecule has 0 bridgehead atoms. The van der Waals surface area contributed by atoms with Crippen molar-refractivity contribution in [3.8, 4) is 17.6 Å². The zero-order chi connectivity index (χ0) is 12.8. The molecule has 0 fully saturated rings. The topological polar surface area (TPSA) is 50.1 Å². The fraction of sp³-hybridized carbons (Fsp3) is 0.0667. The van der Waals surface area contributed by atoms with Crippen molar-refractivity contribution in [1.82, 2.24) is 0 Å². The van der Waals surface area contributed by atoms with E-state index in [4.69, 9.17) is 10.00 Å². The summed E-state index contributed by atoms with van der Waals surface area (Å²) in [7, 11) is 0. The van der Waals surface area contributed by atoms with E-state index >= 15 is 0 Å². The third-order valence-electron chi connectivity index (χ3n) is 2.48. The average molecular weight is 237 g/mol. The second-order valence-electron chi connectivity index (χ2n) is 3.74. The monoisotopic (exact) mass is 237 g/mol. The number of ether oxygens (including phenoxy) is 1. The van der Waals surface area contributed by atoms with Crippen molar-refractivity contribution in [2.75, 3.05) is 0 Å². The van der Waals surface area contributed by atoms with Gasteiger partial charge in [-0.3, -0.25) is 4.79 Å². The Balaban J connectivity index is 2.18. The minimum atomic E-state index is 0.380. The third kappa shape index (κ3) is 2.74. The van der Waals surface area contributed by atoms with Gasteiger partial charge in [0.1, 0.15) is 11.5 Å². The van der Waals surface area contributed by atoms with Gasteiger partial charge < -0.3 is 4.74 Å². The predicted octanol–water partition coefficient (Wildman–Crippen LogP) is 3.36. The number of nitriles is 1. The van der Waals surface area contributed by atoms with Crippen molar-refractivity contribution >= 4 is 6.29 Å². The fourth-order valence-corrected chi connectivity index (χ4v) is 1.56. The molecule has 0 aliphatic carbocycles. The van der Waals surface area contributed by atoms with Gasteiger partial charge in [0, 0.05) is 0 Å². The summed E-state index contributed by atoms with van der Waals surface area (Å²) in [5.74, 6) is 1.17. The molecule has 0 atom stereocenters. The Kier molecular flexibility index (Phi) is 3.72. The highest BCUT2D eigenvalue weighted by molar-refractivity contribution is 5.79. The van der Waals surface area contributed by atoms with Gasteiger partial charge in [0.15, 0.2) is 6.29 Å². The van der Waals surface area contributed by atoms with Gasteiger partial charge in [0.25, 0.3) is 0 Å². The van der Waals surface area contributed by atoms with E-state index in [2.05, 4.69) is 6.07 Å². The SMILES string of the molecule is N#CCc1ccc(Oc2ccccc2C=O)cc1. The average Bonchev–Trinajstić information content (AvgIpc) is 2.42. The molecule has 2 rings (SSSR count). The Morgan fingerprint density at radius 1 is 1.11 bits per heavy atom. The summed E-state index contributed by atoms with van der Waals surface area (Å²) < 4.78 is 5.62. The van der Waals surface area contributed by atoms with Crippen LogP contribution < -0.4 is 4.74 Å². The zero-order valence-corrected chi connectivity index (χ0v) is 9.67. The Hall–Kier alpha value is -2.60. The normalized spacial score (nSPS) is 9.50. The second-order valence-corrected chi connectivity index (χ2v) is 3.74. The lowest BCUT2D eigenvalue weighted by Crippen LogP contribution is -1.90. The Morgan fingerprint density at radius 2 is 1.83 bits per heavy atom. The number of carbonyl (C=O) groups excluding carboxylic acids is 1. The van der Waals surface area contributed by atoms with Crippen LogP contribution in [-0.4, -0.2) is 6.29 Å². The standard InChI is InChI=1S/C15H11NO2/c16-10-9-12-5-7-14(8-6-12)18-15-4-2-1-3-13(15)11-17/h1-8,11H,9H2. The maximum Gasteiger partial charge on any atom is 0.153 e. The minimum absolute atomic E-state index is 0.380. The van der Waals surface area contributed by atoms with Crippen LogP contribution in [0.4, 0.5) is 0 Å². The summed E-state index contributed by atoms with van der Waals surface area (Å²) >= 11 is 0. The molecule has 0 aliphatic rings.